The summed E-state index contributed by atoms with van der Waals surface area (Å²) < 4.78 is 0. The van der Waals surface area contributed by atoms with Crippen molar-refractivity contribution in [3.8, 4) is 0 Å². The minimum Gasteiger partial charge on any atom is -0.340 e. The van der Waals surface area contributed by atoms with E-state index in [-0.39, 0.29) is 17.4 Å². The summed E-state index contributed by atoms with van der Waals surface area (Å²) in [5.41, 5.74) is 6.83. The minimum absolute atomic E-state index is 0.124. The molecule has 0 saturated carbocycles. The lowest BCUT2D eigenvalue weighted by molar-refractivity contribution is -0.138. The van der Waals surface area contributed by atoms with Crippen LogP contribution in [-0.4, -0.2) is 29.9 Å². The molecule has 19 heavy (non-hydrogen) atoms. The molecule has 0 heterocycles. The van der Waals surface area contributed by atoms with E-state index >= 15 is 0 Å². The van der Waals surface area contributed by atoms with Crippen LogP contribution in [0.3, 0.4) is 0 Å². The van der Waals surface area contributed by atoms with Crippen molar-refractivity contribution in [3.05, 3.63) is 35.9 Å². The van der Waals surface area contributed by atoms with Gasteiger partial charge in [-0.3, -0.25) is 4.79 Å². The van der Waals surface area contributed by atoms with Crippen molar-refractivity contribution in [1.29, 1.82) is 0 Å². The first kappa shape index (κ1) is 15.7. The Morgan fingerprint density at radius 1 is 1.32 bits per heavy atom. The van der Waals surface area contributed by atoms with Crippen molar-refractivity contribution in [3.63, 3.8) is 0 Å². The third-order valence-electron chi connectivity index (χ3n) is 4.06. The summed E-state index contributed by atoms with van der Waals surface area (Å²) in [5, 5.41) is 0. The normalized spacial score (nSPS) is 13.1. The van der Waals surface area contributed by atoms with Crippen LogP contribution in [0.5, 0.6) is 0 Å². The number of nitrogens with zero attached hydrogens (tertiary/aromatic N) is 1. The topological polar surface area (TPSA) is 46.3 Å². The fourth-order valence-corrected chi connectivity index (χ4v) is 1.98. The monoisotopic (exact) mass is 262 g/mol. The maximum Gasteiger partial charge on any atom is 0.227 e. The van der Waals surface area contributed by atoms with Crippen LogP contribution < -0.4 is 5.73 Å². The van der Waals surface area contributed by atoms with Gasteiger partial charge < -0.3 is 10.6 Å². The van der Waals surface area contributed by atoms with Crippen LogP contribution in [0.2, 0.25) is 0 Å². The zero-order valence-corrected chi connectivity index (χ0v) is 12.5. The minimum atomic E-state index is -0.141. The predicted octanol–water partition coefficient (Wildman–Crippen LogP) is 2.45. The SMILES string of the molecule is CCC(C)(C)N(C)C(=O)C(CN)Cc1ccccc1. The van der Waals surface area contributed by atoms with Crippen molar-refractivity contribution in [2.45, 2.75) is 39.2 Å². The number of hydrogen-bond acceptors (Lipinski definition) is 2. The highest BCUT2D eigenvalue weighted by molar-refractivity contribution is 5.79. The summed E-state index contributed by atoms with van der Waals surface area (Å²) >= 11 is 0. The number of hydrogen-bond donors (Lipinski definition) is 1. The van der Waals surface area contributed by atoms with E-state index < -0.39 is 0 Å². The van der Waals surface area contributed by atoms with Gasteiger partial charge in [-0.25, -0.2) is 0 Å². The van der Waals surface area contributed by atoms with E-state index in [9.17, 15) is 4.79 Å². The second kappa shape index (κ2) is 6.71. The van der Waals surface area contributed by atoms with Gasteiger partial charge in [0.2, 0.25) is 5.91 Å². The second-order valence-electron chi connectivity index (χ2n) is 5.69. The van der Waals surface area contributed by atoms with Crippen LogP contribution in [0.25, 0.3) is 0 Å². The molecule has 1 atom stereocenters. The molecule has 106 valence electrons. The van der Waals surface area contributed by atoms with Gasteiger partial charge in [0, 0.05) is 19.1 Å². The molecule has 1 aromatic carbocycles. The number of carbonyl (C=O) groups excluding carboxylic acids is 1. The van der Waals surface area contributed by atoms with Crippen LogP contribution in [0.1, 0.15) is 32.8 Å². The Morgan fingerprint density at radius 3 is 2.37 bits per heavy atom. The van der Waals surface area contributed by atoms with E-state index in [4.69, 9.17) is 5.73 Å². The van der Waals surface area contributed by atoms with Gasteiger partial charge in [0.25, 0.3) is 0 Å². The van der Waals surface area contributed by atoms with Crippen molar-refractivity contribution in [2.24, 2.45) is 11.7 Å². The number of amides is 1. The van der Waals surface area contributed by atoms with E-state index in [1.165, 1.54) is 0 Å². The Morgan fingerprint density at radius 2 is 1.89 bits per heavy atom. The fraction of sp³-hybridized carbons (Fsp3) is 0.562. The zero-order valence-electron chi connectivity index (χ0n) is 12.5. The van der Waals surface area contributed by atoms with Gasteiger partial charge in [0.15, 0.2) is 0 Å². The summed E-state index contributed by atoms with van der Waals surface area (Å²) in [7, 11) is 1.87. The Balaban J connectivity index is 2.77. The first-order valence-electron chi connectivity index (χ1n) is 6.94. The molecule has 0 aliphatic rings. The Labute approximate surface area is 116 Å². The van der Waals surface area contributed by atoms with Crippen molar-refractivity contribution < 1.29 is 4.79 Å². The summed E-state index contributed by atoms with van der Waals surface area (Å²) in [6.07, 6.45) is 1.64. The molecule has 0 aliphatic heterocycles. The van der Waals surface area contributed by atoms with Crippen molar-refractivity contribution in [2.75, 3.05) is 13.6 Å². The maximum atomic E-state index is 12.5. The first-order valence-corrected chi connectivity index (χ1v) is 6.94. The molecule has 0 saturated heterocycles. The number of nitrogens with two attached hydrogens (primary N) is 1. The first-order chi connectivity index (χ1) is 8.92. The predicted molar refractivity (Wildman–Crippen MR) is 79.8 cm³/mol. The molecule has 2 N–H and O–H groups in total. The van der Waals surface area contributed by atoms with Gasteiger partial charge in [-0.05, 0) is 32.3 Å². The fourth-order valence-electron chi connectivity index (χ4n) is 1.98. The molecular weight excluding hydrogens is 236 g/mol. The molecular formula is C16H26N2O. The van der Waals surface area contributed by atoms with Gasteiger partial charge >= 0.3 is 0 Å². The molecule has 1 unspecified atom stereocenters. The van der Waals surface area contributed by atoms with Gasteiger partial charge in [0.05, 0.1) is 5.92 Å². The summed E-state index contributed by atoms with van der Waals surface area (Å²) in [6.45, 7) is 6.65. The van der Waals surface area contributed by atoms with Crippen LogP contribution >= 0.6 is 0 Å². The van der Waals surface area contributed by atoms with Crippen LogP contribution in [-0.2, 0) is 11.2 Å². The number of carbonyl (C=O) groups is 1. The second-order valence-corrected chi connectivity index (χ2v) is 5.69. The molecule has 1 amide bonds. The lowest BCUT2D eigenvalue weighted by atomic mass is 9.94. The third kappa shape index (κ3) is 4.06. The molecule has 0 aliphatic carbocycles. The molecule has 0 aromatic heterocycles. The van der Waals surface area contributed by atoms with E-state index in [0.29, 0.717) is 13.0 Å². The number of benzene rings is 1. The van der Waals surface area contributed by atoms with Crippen molar-refractivity contribution >= 4 is 5.91 Å². The Kier molecular flexibility index (Phi) is 5.55. The van der Waals surface area contributed by atoms with Crippen LogP contribution in [0.15, 0.2) is 30.3 Å². The molecule has 1 rings (SSSR count). The molecule has 1 aromatic rings. The standard InChI is InChI=1S/C16H26N2O/c1-5-16(2,3)18(4)15(19)14(12-17)11-13-9-7-6-8-10-13/h6-10,14H,5,11-12,17H2,1-4H3. The maximum absolute atomic E-state index is 12.5. The number of rotatable bonds is 6. The molecule has 0 bridgehead atoms. The highest BCUT2D eigenvalue weighted by Crippen LogP contribution is 2.20. The Bertz CT molecular complexity index is 400. The summed E-state index contributed by atoms with van der Waals surface area (Å²) in [4.78, 5) is 14.4. The van der Waals surface area contributed by atoms with Crippen LogP contribution in [0, 0.1) is 5.92 Å². The Hall–Kier alpha value is -1.35. The average Bonchev–Trinajstić information content (AvgIpc) is 2.44. The van der Waals surface area contributed by atoms with E-state index in [2.05, 4.69) is 20.8 Å². The van der Waals surface area contributed by atoms with E-state index in [1.54, 1.807) is 0 Å². The van der Waals surface area contributed by atoms with Gasteiger partial charge in [0.1, 0.15) is 0 Å². The summed E-state index contributed by atoms with van der Waals surface area (Å²) in [6, 6.07) is 10.1. The highest BCUT2D eigenvalue weighted by atomic mass is 16.2. The summed E-state index contributed by atoms with van der Waals surface area (Å²) in [5.74, 6) is -0.00331. The largest absolute Gasteiger partial charge is 0.340 e. The van der Waals surface area contributed by atoms with Crippen LogP contribution in [0.4, 0.5) is 0 Å². The van der Waals surface area contributed by atoms with Crippen molar-refractivity contribution in [1.82, 2.24) is 4.90 Å². The van der Waals surface area contributed by atoms with Gasteiger partial charge in [-0.1, -0.05) is 37.3 Å². The van der Waals surface area contributed by atoms with E-state index in [0.717, 1.165) is 12.0 Å². The third-order valence-corrected chi connectivity index (χ3v) is 4.06. The smallest absolute Gasteiger partial charge is 0.227 e. The zero-order chi connectivity index (χ0) is 14.5. The average molecular weight is 262 g/mol. The lowest BCUT2D eigenvalue weighted by Gasteiger charge is -2.37. The highest BCUT2D eigenvalue weighted by Gasteiger charge is 2.30. The molecule has 3 heteroatoms. The van der Waals surface area contributed by atoms with Gasteiger partial charge in [-0.15, -0.1) is 0 Å². The molecule has 0 spiro atoms. The molecule has 0 fully saturated rings. The quantitative estimate of drug-likeness (QED) is 0.856. The van der Waals surface area contributed by atoms with Gasteiger partial charge in [-0.2, -0.15) is 0 Å². The molecule has 3 nitrogen and oxygen atoms in total. The van der Waals surface area contributed by atoms with E-state index in [1.807, 2.05) is 42.3 Å². The lowest BCUT2D eigenvalue weighted by Crippen LogP contribution is -2.48. The molecule has 0 radical (unpaired) electrons.